The van der Waals surface area contributed by atoms with Crippen molar-refractivity contribution in [2.75, 3.05) is 49.3 Å². The van der Waals surface area contributed by atoms with Crippen molar-refractivity contribution in [3.05, 3.63) is 191 Å². The van der Waals surface area contributed by atoms with Crippen LogP contribution in [-0.2, 0) is 20.0 Å². The number of oxazole rings is 2. The van der Waals surface area contributed by atoms with Crippen molar-refractivity contribution < 1.29 is 68.3 Å². The molecule has 1 atom stereocenters. The zero-order valence-corrected chi connectivity index (χ0v) is 51.2. The number of para-hydroxylation sites is 2. The number of nitrogens with one attached hydrogen (secondary N) is 2. The van der Waals surface area contributed by atoms with E-state index >= 15 is 0 Å². The number of oxime groups is 1. The minimum atomic E-state index is -3.82. The van der Waals surface area contributed by atoms with Gasteiger partial charge in [0, 0.05) is 97.5 Å². The average molecular weight is 1290 g/mol. The number of furan rings is 2. The van der Waals surface area contributed by atoms with Gasteiger partial charge >= 0.3 is 0 Å². The van der Waals surface area contributed by atoms with E-state index < -0.39 is 61.2 Å². The maximum absolute atomic E-state index is 14.5. The van der Waals surface area contributed by atoms with Crippen LogP contribution in [0, 0.1) is 23.3 Å². The first-order valence-electron chi connectivity index (χ1n) is 27.7. The van der Waals surface area contributed by atoms with E-state index in [4.69, 9.17) is 23.4 Å². The number of amides is 2. The summed E-state index contributed by atoms with van der Waals surface area (Å²) in [5.41, 5.74) is 12.9. The third-order valence-electron chi connectivity index (χ3n) is 15.2. The van der Waals surface area contributed by atoms with Gasteiger partial charge in [-0.1, -0.05) is 24.7 Å². The van der Waals surface area contributed by atoms with Crippen molar-refractivity contribution >= 4 is 93.1 Å². The Morgan fingerprint density at radius 2 is 0.957 bits per heavy atom. The van der Waals surface area contributed by atoms with E-state index in [9.17, 15) is 49.2 Å². The monoisotopic (exact) mass is 1290 g/mol. The highest BCUT2D eigenvalue weighted by molar-refractivity contribution is 7.92. The molecule has 25 heteroatoms. The van der Waals surface area contributed by atoms with Crippen LogP contribution in [0.1, 0.15) is 60.6 Å². The molecule has 0 spiro atoms. The summed E-state index contributed by atoms with van der Waals surface area (Å²) in [7, 11) is -1.88. The fourth-order valence-corrected chi connectivity index (χ4v) is 11.4. The number of benzene rings is 8. The van der Waals surface area contributed by atoms with Gasteiger partial charge in [-0.25, -0.2) is 44.4 Å². The summed E-state index contributed by atoms with van der Waals surface area (Å²) < 4.78 is 134. The van der Waals surface area contributed by atoms with Crippen molar-refractivity contribution in [2.24, 2.45) is 10.9 Å². The molecule has 1 unspecified atom stereocenters. The number of hydrogen-bond donors (Lipinski definition) is 4. The Morgan fingerprint density at radius 3 is 1.34 bits per heavy atom. The fourth-order valence-electron chi connectivity index (χ4n) is 10.4. The summed E-state index contributed by atoms with van der Waals surface area (Å²) in [6.45, 7) is 3.35. The lowest BCUT2D eigenvalue weighted by molar-refractivity contribution is 0.0956. The Balaban J connectivity index is 0.000000215. The molecule has 0 saturated carbocycles. The van der Waals surface area contributed by atoms with Gasteiger partial charge in [-0.3, -0.25) is 18.2 Å². The molecule has 5 N–H and O–H groups in total. The van der Waals surface area contributed by atoms with Crippen LogP contribution in [0.2, 0.25) is 0 Å². The number of fused-ring (bicyclic) bond motifs is 4. The highest BCUT2D eigenvalue weighted by Crippen LogP contribution is 2.45. The third kappa shape index (κ3) is 12.3. The summed E-state index contributed by atoms with van der Waals surface area (Å²) in [6.07, 6.45) is 2.11. The molecule has 12 aromatic rings. The third-order valence-corrected chi connectivity index (χ3v) is 17.6. The molecule has 4 aromatic heterocycles. The van der Waals surface area contributed by atoms with E-state index in [0.717, 1.165) is 21.1 Å². The van der Waals surface area contributed by atoms with Crippen LogP contribution in [0.15, 0.2) is 168 Å². The van der Waals surface area contributed by atoms with E-state index in [1.807, 2.05) is 0 Å². The maximum atomic E-state index is 14.5. The van der Waals surface area contributed by atoms with Gasteiger partial charge in [0.05, 0.1) is 40.7 Å². The molecule has 0 fully saturated rings. The Morgan fingerprint density at radius 1 is 0.565 bits per heavy atom. The summed E-state index contributed by atoms with van der Waals surface area (Å²) >= 11 is 0. The summed E-state index contributed by atoms with van der Waals surface area (Å²) in [5.74, 6) is -2.42. The van der Waals surface area contributed by atoms with Crippen LogP contribution in [0.25, 0.3) is 112 Å². The number of nitrogens with zero attached hydrogens (tertiary/aromatic N) is 5. The number of carbonyl (C=O) groups is 2. The first-order chi connectivity index (χ1) is 43.2. The number of nitrogens with two attached hydrogens (primary N) is 1. The lowest BCUT2D eigenvalue weighted by atomic mass is 9.94. The molecule has 0 aliphatic carbocycles. The van der Waals surface area contributed by atoms with Gasteiger partial charge in [0.15, 0.2) is 22.8 Å². The molecule has 0 aliphatic rings. The molecule has 0 saturated heterocycles. The Bertz CT molecular complexity index is 5190. The molecule has 12 rings (SSSR count). The van der Waals surface area contributed by atoms with Gasteiger partial charge in [0.2, 0.25) is 31.8 Å². The van der Waals surface area contributed by atoms with Gasteiger partial charge in [-0.15, -0.1) is 0 Å². The van der Waals surface area contributed by atoms with Crippen molar-refractivity contribution in [2.45, 2.75) is 27.3 Å². The van der Waals surface area contributed by atoms with Crippen LogP contribution in [-0.4, -0.2) is 90.2 Å². The Hall–Kier alpha value is -10.6. The minimum Gasteiger partial charge on any atom is -0.455 e. The summed E-state index contributed by atoms with van der Waals surface area (Å²) in [5, 5.41) is 18.9. The first-order valence-corrected chi connectivity index (χ1v) is 31.4. The van der Waals surface area contributed by atoms with Crippen molar-refractivity contribution in [1.82, 2.24) is 20.6 Å². The lowest BCUT2D eigenvalue weighted by Gasteiger charge is -2.21. The number of anilines is 2. The zero-order chi connectivity index (χ0) is 65.1. The largest absolute Gasteiger partial charge is 0.455 e. The van der Waals surface area contributed by atoms with Crippen molar-refractivity contribution in [1.29, 1.82) is 0 Å². The number of carbonyl (C=O) groups excluding carboxylic acids is 2. The van der Waals surface area contributed by atoms with Crippen molar-refractivity contribution in [3.8, 4) is 67.8 Å². The van der Waals surface area contributed by atoms with Gasteiger partial charge in [0.1, 0.15) is 45.4 Å². The smallest absolute Gasteiger partial charge is 0.255 e. The van der Waals surface area contributed by atoms with E-state index in [0.29, 0.717) is 66.4 Å². The molecule has 92 heavy (non-hydrogen) atoms. The SMILES string of the molecule is C.CNC(=O)c1c(-c2ccc(F)cc2)oc2cc(N(C)S(C)(=O)=O)c(-c3cc(-c4nc5c(F)cccc5o4)cc(C(C)N)c3)cc12.CNC(=O)c1c(-c2ccc(F)cc2)oc2cc(N(C)S(C)(=O)=O)c(-c3cc(/C(C)=N\O)cc(-c4nc5c(F)cccc5o4)c3)cc12.[HH]. The average Bonchev–Trinajstić information content (AvgIpc) is 1.66. The molecular formula is C67H60F4N8O11S2. The van der Waals surface area contributed by atoms with Crippen LogP contribution in [0.4, 0.5) is 28.9 Å². The molecule has 2 amide bonds. The van der Waals surface area contributed by atoms with Gasteiger partial charge in [0.25, 0.3) is 11.8 Å². The molecule has 0 aliphatic heterocycles. The molecule has 0 radical (unpaired) electrons. The van der Waals surface area contributed by atoms with Crippen LogP contribution in [0.5, 0.6) is 0 Å². The predicted octanol–water partition coefficient (Wildman–Crippen LogP) is 14.3. The van der Waals surface area contributed by atoms with Crippen molar-refractivity contribution in [3.63, 3.8) is 0 Å². The van der Waals surface area contributed by atoms with Crippen LogP contribution >= 0.6 is 0 Å². The zero-order valence-electron chi connectivity index (χ0n) is 49.6. The summed E-state index contributed by atoms with van der Waals surface area (Å²) in [4.78, 5) is 35.2. The van der Waals surface area contributed by atoms with Crippen LogP contribution < -0.4 is 25.0 Å². The number of rotatable bonds is 14. The molecule has 19 nitrogen and oxygen atoms in total. The predicted molar refractivity (Wildman–Crippen MR) is 349 cm³/mol. The van der Waals surface area contributed by atoms with Gasteiger partial charge < -0.3 is 39.2 Å². The number of aromatic nitrogens is 2. The highest BCUT2D eigenvalue weighted by Gasteiger charge is 2.30. The Kier molecular flexibility index (Phi) is 17.5. The second-order valence-electron chi connectivity index (χ2n) is 21.3. The molecule has 474 valence electrons. The Labute approximate surface area is 526 Å². The first kappa shape index (κ1) is 64.4. The van der Waals surface area contributed by atoms with E-state index in [2.05, 4.69) is 25.8 Å². The number of halogens is 4. The highest BCUT2D eigenvalue weighted by atomic mass is 32.2. The maximum Gasteiger partial charge on any atom is 0.255 e. The standard InChI is InChI=1S/C33H26F2N4O6S.C33H28F2N4O5S.CH4.H2/c1-17(38-41)19-12-20(14-21(13-19)33-37-30-25(35)6-5-7-27(30)45-33)23-15-24-28(16-26(23)39(3)46(4,42)43)44-31(29(24)32(40)36-2)18-8-10-22(34)11-9-18;1-17(36)19-12-20(14-21(13-19)33-38-30-25(35)6-5-7-27(30)44-33)23-15-24-28(16-26(23)39(3)45(4,41)42)43-31(29(24)32(40)37-2)18-8-10-22(34)11-9-18;;/h5-16,41H,1-4H3,(H,36,40);5-17H,36H2,1-4H3,(H,37,40);1H4;1H/b38-17-;;;. The second-order valence-corrected chi connectivity index (χ2v) is 25.3. The molecule has 4 heterocycles. The minimum absolute atomic E-state index is 0. The van der Waals surface area contributed by atoms with E-state index in [1.165, 1.54) is 113 Å². The number of sulfonamides is 2. The normalized spacial score (nSPS) is 12.2. The van der Waals surface area contributed by atoms with Gasteiger partial charge in [-0.05, 0) is 152 Å². The molecular weight excluding hydrogens is 1230 g/mol. The van der Waals surface area contributed by atoms with E-state index in [-0.39, 0.29) is 93.7 Å². The van der Waals surface area contributed by atoms with Gasteiger partial charge in [-0.2, -0.15) is 0 Å². The topological polar surface area (TPSA) is 270 Å². The lowest BCUT2D eigenvalue weighted by Crippen LogP contribution is -2.25. The van der Waals surface area contributed by atoms with Crippen LogP contribution in [0.3, 0.4) is 0 Å². The summed E-state index contributed by atoms with van der Waals surface area (Å²) in [6, 6.07) is 35.8. The molecule has 8 aromatic carbocycles. The number of hydrogen-bond acceptors (Lipinski definition) is 15. The quantitative estimate of drug-likeness (QED) is 0.0341. The molecule has 0 bridgehead atoms. The fraction of sp³-hybridized carbons (Fsp3) is 0.149. The second kappa shape index (κ2) is 25.0. The van der Waals surface area contributed by atoms with E-state index in [1.54, 1.807) is 74.5 Å².